The Morgan fingerprint density at radius 2 is 1.87 bits per heavy atom. The van der Waals surface area contributed by atoms with E-state index in [4.69, 9.17) is 13.9 Å². The highest BCUT2D eigenvalue weighted by Crippen LogP contribution is 2.31. The molecule has 158 valence electrons. The summed E-state index contributed by atoms with van der Waals surface area (Å²) in [5.41, 5.74) is 1.58. The van der Waals surface area contributed by atoms with E-state index < -0.39 is 5.63 Å². The van der Waals surface area contributed by atoms with Crippen molar-refractivity contribution in [2.24, 2.45) is 0 Å². The van der Waals surface area contributed by atoms with Crippen molar-refractivity contribution in [3.63, 3.8) is 0 Å². The number of benzene rings is 2. The first-order valence-electron chi connectivity index (χ1n) is 10.4. The van der Waals surface area contributed by atoms with Gasteiger partial charge in [0.1, 0.15) is 17.4 Å². The first-order valence-corrected chi connectivity index (χ1v) is 10.4. The SMILES string of the molecule is CCOc1ccccc1OC1CCN(Cc2cc(=O)oc3c(C)c(O)ccc23)CC1. The average Bonchev–Trinajstić information content (AvgIpc) is 2.74. The molecule has 0 atom stereocenters. The van der Waals surface area contributed by atoms with E-state index in [9.17, 15) is 9.90 Å². The van der Waals surface area contributed by atoms with Crippen LogP contribution in [0.15, 0.2) is 51.7 Å². The van der Waals surface area contributed by atoms with E-state index in [1.807, 2.05) is 37.3 Å². The normalized spacial score (nSPS) is 15.4. The van der Waals surface area contributed by atoms with E-state index in [1.165, 1.54) is 0 Å². The number of aryl methyl sites for hydroxylation is 1. The maximum atomic E-state index is 12.1. The zero-order valence-corrected chi connectivity index (χ0v) is 17.4. The summed E-state index contributed by atoms with van der Waals surface area (Å²) in [6.07, 6.45) is 1.94. The quantitative estimate of drug-likeness (QED) is 0.614. The van der Waals surface area contributed by atoms with Gasteiger partial charge in [-0.05, 0) is 56.5 Å². The maximum Gasteiger partial charge on any atom is 0.336 e. The summed E-state index contributed by atoms with van der Waals surface area (Å²) in [5.74, 6) is 1.70. The fourth-order valence-corrected chi connectivity index (χ4v) is 3.97. The molecule has 1 aliphatic heterocycles. The molecule has 30 heavy (non-hydrogen) atoms. The summed E-state index contributed by atoms with van der Waals surface area (Å²) in [6, 6.07) is 12.8. The van der Waals surface area contributed by atoms with Crippen LogP contribution in [-0.2, 0) is 6.54 Å². The van der Waals surface area contributed by atoms with Crippen LogP contribution >= 0.6 is 0 Å². The molecule has 6 nitrogen and oxygen atoms in total. The number of fused-ring (bicyclic) bond motifs is 1. The predicted octanol–water partition coefficient (Wildman–Crippen LogP) is 4.25. The van der Waals surface area contributed by atoms with Crippen LogP contribution in [0, 0.1) is 6.92 Å². The Hall–Kier alpha value is -2.99. The monoisotopic (exact) mass is 409 g/mol. The Bertz CT molecular complexity index is 1080. The number of hydrogen-bond donors (Lipinski definition) is 1. The van der Waals surface area contributed by atoms with Gasteiger partial charge >= 0.3 is 5.63 Å². The molecule has 2 aromatic carbocycles. The molecular weight excluding hydrogens is 382 g/mol. The highest BCUT2D eigenvalue weighted by atomic mass is 16.5. The van der Waals surface area contributed by atoms with Crippen LogP contribution in [0.2, 0.25) is 0 Å². The van der Waals surface area contributed by atoms with E-state index in [2.05, 4.69) is 4.90 Å². The molecule has 1 saturated heterocycles. The smallest absolute Gasteiger partial charge is 0.336 e. The van der Waals surface area contributed by atoms with Crippen LogP contribution in [0.1, 0.15) is 30.9 Å². The maximum absolute atomic E-state index is 12.1. The van der Waals surface area contributed by atoms with Crippen LogP contribution < -0.4 is 15.1 Å². The predicted molar refractivity (Wildman–Crippen MR) is 115 cm³/mol. The number of ether oxygens (including phenoxy) is 2. The number of likely N-dealkylation sites (tertiary alicyclic amines) is 1. The number of para-hydroxylation sites is 2. The fraction of sp³-hybridized carbons (Fsp3) is 0.375. The first kappa shape index (κ1) is 20.3. The summed E-state index contributed by atoms with van der Waals surface area (Å²) in [6.45, 7) is 6.74. The number of hydrogen-bond acceptors (Lipinski definition) is 6. The van der Waals surface area contributed by atoms with Crippen molar-refractivity contribution in [2.45, 2.75) is 39.3 Å². The molecule has 0 spiro atoms. The Labute approximate surface area is 175 Å². The molecule has 1 aromatic heterocycles. The topological polar surface area (TPSA) is 72.1 Å². The van der Waals surface area contributed by atoms with Crippen LogP contribution in [0.4, 0.5) is 0 Å². The molecule has 3 aromatic rings. The minimum absolute atomic E-state index is 0.132. The Morgan fingerprint density at radius 1 is 1.13 bits per heavy atom. The van der Waals surface area contributed by atoms with Gasteiger partial charge in [-0.3, -0.25) is 4.90 Å². The van der Waals surface area contributed by atoms with Gasteiger partial charge in [-0.2, -0.15) is 0 Å². The number of phenolic OH excluding ortho intramolecular Hbond substituents is 1. The summed E-state index contributed by atoms with van der Waals surface area (Å²) in [5, 5.41) is 10.8. The van der Waals surface area contributed by atoms with Gasteiger partial charge in [-0.25, -0.2) is 4.79 Å². The van der Waals surface area contributed by atoms with Crippen molar-refractivity contribution < 1.29 is 19.0 Å². The lowest BCUT2D eigenvalue weighted by atomic mass is 10.0. The Kier molecular flexibility index (Phi) is 5.95. The van der Waals surface area contributed by atoms with Gasteiger partial charge in [-0.15, -0.1) is 0 Å². The second kappa shape index (κ2) is 8.79. The molecule has 0 saturated carbocycles. The summed E-state index contributed by atoms with van der Waals surface area (Å²) in [4.78, 5) is 14.4. The van der Waals surface area contributed by atoms with Crippen molar-refractivity contribution in [3.05, 3.63) is 64.0 Å². The van der Waals surface area contributed by atoms with Crippen molar-refractivity contribution >= 4 is 11.0 Å². The summed E-state index contributed by atoms with van der Waals surface area (Å²) in [7, 11) is 0. The van der Waals surface area contributed by atoms with E-state index in [1.54, 1.807) is 19.1 Å². The van der Waals surface area contributed by atoms with Gasteiger partial charge in [0, 0.05) is 36.7 Å². The highest BCUT2D eigenvalue weighted by Gasteiger charge is 2.23. The van der Waals surface area contributed by atoms with Gasteiger partial charge < -0.3 is 19.0 Å². The van der Waals surface area contributed by atoms with Gasteiger partial charge in [-0.1, -0.05) is 12.1 Å². The summed E-state index contributed by atoms with van der Waals surface area (Å²) >= 11 is 0. The van der Waals surface area contributed by atoms with E-state index in [0.717, 1.165) is 48.4 Å². The minimum atomic E-state index is -0.392. The zero-order chi connectivity index (χ0) is 21.1. The molecule has 0 unspecified atom stereocenters. The average molecular weight is 409 g/mol. The molecule has 2 heterocycles. The van der Waals surface area contributed by atoms with Crippen molar-refractivity contribution in [1.82, 2.24) is 4.90 Å². The van der Waals surface area contributed by atoms with E-state index in [-0.39, 0.29) is 11.9 Å². The van der Waals surface area contributed by atoms with Gasteiger partial charge in [0.2, 0.25) is 0 Å². The lowest BCUT2D eigenvalue weighted by Crippen LogP contribution is -2.38. The van der Waals surface area contributed by atoms with Crippen LogP contribution in [0.5, 0.6) is 17.2 Å². The third-order valence-electron chi connectivity index (χ3n) is 5.59. The van der Waals surface area contributed by atoms with Gasteiger partial charge in [0.15, 0.2) is 11.5 Å². The van der Waals surface area contributed by atoms with Crippen molar-refractivity contribution in [3.8, 4) is 17.2 Å². The summed E-state index contributed by atoms with van der Waals surface area (Å²) < 4.78 is 17.2. The molecule has 1 N–H and O–H groups in total. The van der Waals surface area contributed by atoms with Crippen LogP contribution in [0.3, 0.4) is 0 Å². The third kappa shape index (κ3) is 4.28. The van der Waals surface area contributed by atoms with E-state index in [0.29, 0.717) is 24.3 Å². The fourth-order valence-electron chi connectivity index (χ4n) is 3.97. The first-order chi connectivity index (χ1) is 14.5. The lowest BCUT2D eigenvalue weighted by Gasteiger charge is -2.32. The minimum Gasteiger partial charge on any atom is -0.508 e. The van der Waals surface area contributed by atoms with Gasteiger partial charge in [0.05, 0.1) is 6.61 Å². The number of rotatable bonds is 6. The molecular formula is C24H27NO5. The third-order valence-corrected chi connectivity index (χ3v) is 5.59. The largest absolute Gasteiger partial charge is 0.508 e. The van der Waals surface area contributed by atoms with Crippen LogP contribution in [0.25, 0.3) is 11.0 Å². The number of nitrogens with zero attached hydrogens (tertiary/aromatic N) is 1. The lowest BCUT2D eigenvalue weighted by molar-refractivity contribution is 0.0938. The van der Waals surface area contributed by atoms with Crippen molar-refractivity contribution in [2.75, 3.05) is 19.7 Å². The zero-order valence-electron chi connectivity index (χ0n) is 17.4. The molecule has 0 radical (unpaired) electrons. The molecule has 1 fully saturated rings. The second-order valence-corrected chi connectivity index (χ2v) is 7.65. The van der Waals surface area contributed by atoms with Crippen molar-refractivity contribution in [1.29, 1.82) is 0 Å². The molecule has 0 amide bonds. The molecule has 0 aliphatic carbocycles. The Balaban J connectivity index is 1.44. The molecule has 6 heteroatoms. The van der Waals surface area contributed by atoms with E-state index >= 15 is 0 Å². The van der Waals surface area contributed by atoms with Gasteiger partial charge in [0.25, 0.3) is 0 Å². The second-order valence-electron chi connectivity index (χ2n) is 7.65. The molecule has 0 bridgehead atoms. The number of piperidine rings is 1. The molecule has 4 rings (SSSR count). The Morgan fingerprint density at radius 3 is 2.60 bits per heavy atom. The number of aromatic hydroxyl groups is 1. The highest BCUT2D eigenvalue weighted by molar-refractivity contribution is 5.84. The van der Waals surface area contributed by atoms with Crippen LogP contribution in [-0.4, -0.2) is 35.8 Å². The standard InChI is InChI=1S/C24H27NO5/c1-3-28-21-6-4-5-7-22(21)29-18-10-12-25(13-11-18)15-17-14-23(27)30-24-16(2)20(26)9-8-19(17)24/h4-9,14,18,26H,3,10-13,15H2,1-2H3. The molecule has 1 aliphatic rings. The number of phenols is 1.